The van der Waals surface area contributed by atoms with Gasteiger partial charge in [-0.2, -0.15) is 0 Å². The van der Waals surface area contributed by atoms with Gasteiger partial charge in [0.2, 0.25) is 11.6 Å². The van der Waals surface area contributed by atoms with Gasteiger partial charge in [-0.3, -0.25) is 14.4 Å². The van der Waals surface area contributed by atoms with Gasteiger partial charge in [-0.25, -0.2) is 23.2 Å². The molecule has 0 aromatic heterocycles. The predicted molar refractivity (Wildman–Crippen MR) is 290 cm³/mol. The van der Waals surface area contributed by atoms with E-state index in [4.69, 9.17) is 43.5 Å². The lowest BCUT2D eigenvalue weighted by molar-refractivity contribution is -0.148. The molecule has 0 radical (unpaired) electrons. The normalized spacial score (nSPS) is 16.2. The second kappa shape index (κ2) is 26.1. The Bertz CT molecular complexity index is 3100. The third-order valence-corrected chi connectivity index (χ3v) is 13.1. The molecule has 6 aromatic carbocycles. The molecule has 0 saturated heterocycles. The van der Waals surface area contributed by atoms with E-state index in [1.165, 1.54) is 47.0 Å². The number of ether oxygens (including phenoxy) is 2. The summed E-state index contributed by atoms with van der Waals surface area (Å²) in [4.78, 5) is 70.2. The molecule has 6 aromatic rings. The van der Waals surface area contributed by atoms with Gasteiger partial charge in [0.1, 0.15) is 22.8 Å². The van der Waals surface area contributed by atoms with Crippen molar-refractivity contribution < 1.29 is 52.1 Å². The fourth-order valence-electron chi connectivity index (χ4n) is 8.82. The molecule has 6 N–H and O–H groups in total. The van der Waals surface area contributed by atoms with E-state index in [1.54, 1.807) is 20.8 Å². The number of aliphatic carboxylic acids is 1. The summed E-state index contributed by atoms with van der Waals surface area (Å²) >= 11 is 11.1. The molecule has 4 atom stereocenters. The third-order valence-electron chi connectivity index (χ3n) is 12.5. The van der Waals surface area contributed by atoms with E-state index < -0.39 is 64.5 Å². The lowest BCUT2D eigenvalue weighted by Crippen LogP contribution is -2.36. The first-order chi connectivity index (χ1) is 36.3. The van der Waals surface area contributed by atoms with Gasteiger partial charge in [-0.15, -0.1) is 0 Å². The lowest BCUT2D eigenvalue weighted by atomic mass is 9.91. The zero-order valence-corrected chi connectivity index (χ0v) is 45.1. The molecular weight excluding hydrogens is 1030 g/mol. The van der Waals surface area contributed by atoms with Crippen LogP contribution in [0.2, 0.25) is 10.0 Å². The van der Waals surface area contributed by atoms with Crippen LogP contribution in [0.15, 0.2) is 133 Å². The van der Waals surface area contributed by atoms with Crippen molar-refractivity contribution in [3.63, 3.8) is 0 Å². The number of Topliss-reactive ketones (excluding diaryl/α,β-unsaturated/α-hetero) is 2. The molecule has 77 heavy (non-hydrogen) atoms. The van der Waals surface area contributed by atoms with Crippen LogP contribution in [0.4, 0.5) is 18.4 Å². The molecule has 13 nitrogen and oxygen atoms in total. The molecule has 404 valence electrons. The predicted octanol–water partition coefficient (Wildman–Crippen LogP) is 11.5. The summed E-state index contributed by atoms with van der Waals surface area (Å²) < 4.78 is 37.1. The van der Waals surface area contributed by atoms with Crippen molar-refractivity contribution in [1.82, 2.24) is 16.0 Å². The summed E-state index contributed by atoms with van der Waals surface area (Å²) in [7, 11) is 0. The number of benzene rings is 6. The lowest BCUT2D eigenvalue weighted by Gasteiger charge is -2.23. The quantitative estimate of drug-likeness (QED) is 0.0693. The molecule has 1 unspecified atom stereocenters. The Hall–Kier alpha value is -7.46. The van der Waals surface area contributed by atoms with Crippen LogP contribution in [-0.4, -0.2) is 51.9 Å². The monoisotopic (exact) mass is 1090 g/mol. The molecule has 0 saturated carbocycles. The van der Waals surface area contributed by atoms with Crippen LogP contribution in [-0.2, 0) is 67.4 Å². The standard InChI is InChI=1S/C30H30ClFN2O4.C21H26N2O2.C9H6ClFO3/c1-30(2,3)38-29(37)33-17-18-8-11-20(12-9-18)23-16-21-6-4-5-7-22(21)27(23)34-28(36)26(35)15-19-10-13-24(31)25(32)14-19;1-21(2,3)25-20(24)23-13-14-8-10-15(11-9-14)18-12-16-6-4-5-7-17(16)19(18)22;10-6-2-1-5(3-7(6)11)4-8(12)9(13)14/h4-14,23,27H,15-17H2,1-3H3,(H,33,37)(H,34,36);4-11,18-19H,12-13,22H2,1-3H3,(H,23,24);1-3H,4H2,(H,13,14)/t23?,27-;18-,19+;/m01./s1. The molecule has 2 aliphatic carbocycles. The van der Waals surface area contributed by atoms with Crippen molar-refractivity contribution in [1.29, 1.82) is 0 Å². The number of nitrogens with one attached hydrogen (secondary N) is 3. The average Bonchev–Trinajstić information content (AvgIpc) is 3.92. The van der Waals surface area contributed by atoms with E-state index in [2.05, 4.69) is 46.3 Å². The second-order valence-electron chi connectivity index (χ2n) is 20.7. The number of carboxylic acids is 1. The van der Waals surface area contributed by atoms with Gasteiger partial charge in [-0.05, 0) is 134 Å². The zero-order valence-electron chi connectivity index (χ0n) is 43.6. The molecular formula is C60H62Cl2F2N4O9. The minimum atomic E-state index is -1.53. The molecule has 0 fully saturated rings. The Morgan fingerprint density at radius 3 is 1.42 bits per heavy atom. The van der Waals surface area contributed by atoms with E-state index in [-0.39, 0.29) is 34.8 Å². The fraction of sp³-hybridized carbons (Fsp3) is 0.300. The first-order valence-electron chi connectivity index (χ1n) is 24.8. The number of hydrogen-bond donors (Lipinski definition) is 5. The number of fused-ring (bicyclic) bond motifs is 2. The number of carboxylic acid groups (broad SMARTS) is 1. The highest BCUT2D eigenvalue weighted by Crippen LogP contribution is 2.43. The average molecular weight is 1090 g/mol. The van der Waals surface area contributed by atoms with Gasteiger partial charge < -0.3 is 36.3 Å². The SMILES string of the molecule is CC(C)(C)OC(=O)NCc1ccc(C2Cc3ccccc3[C@@H]2NC(=O)C(=O)Cc2ccc(Cl)c(F)c2)cc1.CC(C)(C)OC(=O)NCc1ccc([C@H]2Cc3ccccc3[C@@H]2N)cc1.O=C(O)C(=O)Cc1ccc(Cl)c(F)c1. The molecule has 0 aliphatic heterocycles. The van der Waals surface area contributed by atoms with Gasteiger partial charge >= 0.3 is 18.2 Å². The van der Waals surface area contributed by atoms with Crippen molar-refractivity contribution in [3.05, 3.63) is 211 Å². The summed E-state index contributed by atoms with van der Waals surface area (Å²) in [5.41, 5.74) is 14.9. The van der Waals surface area contributed by atoms with Crippen LogP contribution in [0.3, 0.4) is 0 Å². The number of nitrogens with two attached hydrogens (primary N) is 1. The fourth-order valence-corrected chi connectivity index (χ4v) is 9.06. The van der Waals surface area contributed by atoms with Crippen LogP contribution < -0.4 is 21.7 Å². The number of carbonyl (C=O) groups is 6. The van der Waals surface area contributed by atoms with Crippen molar-refractivity contribution in [3.8, 4) is 0 Å². The molecule has 0 heterocycles. The summed E-state index contributed by atoms with van der Waals surface area (Å²) in [5.74, 6) is -4.94. The minimum absolute atomic E-state index is 0.0392. The third kappa shape index (κ3) is 17.3. The number of amides is 3. The van der Waals surface area contributed by atoms with Crippen LogP contribution in [0.25, 0.3) is 0 Å². The smallest absolute Gasteiger partial charge is 0.407 e. The Balaban J connectivity index is 0.000000210. The maximum absolute atomic E-state index is 13.8. The van der Waals surface area contributed by atoms with Crippen LogP contribution in [0.1, 0.15) is 121 Å². The van der Waals surface area contributed by atoms with Gasteiger partial charge in [0, 0.05) is 43.8 Å². The number of ketones is 2. The van der Waals surface area contributed by atoms with Gasteiger partial charge in [0.05, 0.1) is 16.1 Å². The molecule has 3 amide bonds. The Morgan fingerprint density at radius 2 is 0.974 bits per heavy atom. The Morgan fingerprint density at radius 1 is 0.571 bits per heavy atom. The zero-order chi connectivity index (χ0) is 56.2. The summed E-state index contributed by atoms with van der Waals surface area (Å²) in [5, 5.41) is 16.7. The first kappa shape index (κ1) is 58.8. The summed E-state index contributed by atoms with van der Waals surface area (Å²) in [6.45, 7) is 11.7. The van der Waals surface area contributed by atoms with Crippen LogP contribution in [0, 0.1) is 11.6 Å². The summed E-state index contributed by atoms with van der Waals surface area (Å²) in [6.07, 6.45) is 0.244. The highest BCUT2D eigenvalue weighted by molar-refractivity contribution is 6.36. The van der Waals surface area contributed by atoms with Crippen molar-refractivity contribution in [2.24, 2.45) is 5.73 Å². The largest absolute Gasteiger partial charge is 0.475 e. The number of rotatable bonds is 13. The van der Waals surface area contributed by atoms with E-state index in [1.807, 2.05) is 87.5 Å². The highest BCUT2D eigenvalue weighted by Gasteiger charge is 2.36. The van der Waals surface area contributed by atoms with Crippen molar-refractivity contribution >= 4 is 58.8 Å². The minimum Gasteiger partial charge on any atom is -0.475 e. The first-order valence-corrected chi connectivity index (χ1v) is 25.6. The van der Waals surface area contributed by atoms with Gasteiger partial charge in [-0.1, -0.05) is 132 Å². The maximum atomic E-state index is 13.8. The molecule has 8 rings (SSSR count). The van der Waals surface area contributed by atoms with E-state index in [0.29, 0.717) is 36.6 Å². The second-order valence-corrected chi connectivity index (χ2v) is 21.5. The number of alkyl carbamates (subject to hydrolysis) is 2. The topological polar surface area (TPSA) is 203 Å². The number of hydrogen-bond acceptors (Lipinski definition) is 9. The van der Waals surface area contributed by atoms with Crippen LogP contribution in [0.5, 0.6) is 0 Å². The van der Waals surface area contributed by atoms with Crippen molar-refractivity contribution in [2.45, 2.75) is 115 Å². The molecule has 17 heteroatoms. The number of carbonyl (C=O) groups excluding carboxylic acids is 5. The van der Waals surface area contributed by atoms with Gasteiger partial charge in [0.25, 0.3) is 5.91 Å². The number of halogens is 4. The summed E-state index contributed by atoms with van der Waals surface area (Å²) in [6, 6.07) is 39.8. The Kier molecular flexibility index (Phi) is 19.9. The van der Waals surface area contributed by atoms with E-state index in [9.17, 15) is 37.5 Å². The Labute approximate surface area is 456 Å². The van der Waals surface area contributed by atoms with E-state index >= 15 is 0 Å². The molecule has 0 bridgehead atoms. The van der Waals surface area contributed by atoms with Crippen LogP contribution >= 0.6 is 23.2 Å². The van der Waals surface area contributed by atoms with Gasteiger partial charge in [0.15, 0.2) is 0 Å². The molecule has 0 spiro atoms. The maximum Gasteiger partial charge on any atom is 0.407 e. The van der Waals surface area contributed by atoms with E-state index in [0.717, 1.165) is 40.3 Å². The highest BCUT2D eigenvalue weighted by atomic mass is 35.5. The molecule has 2 aliphatic rings. The van der Waals surface area contributed by atoms with Crippen molar-refractivity contribution in [2.75, 3.05) is 0 Å².